The maximum atomic E-state index is 14.6. The van der Waals surface area contributed by atoms with Gasteiger partial charge in [0.05, 0.1) is 11.8 Å². The Bertz CT molecular complexity index is 1410. The van der Waals surface area contributed by atoms with E-state index >= 15 is 0 Å². The van der Waals surface area contributed by atoms with Gasteiger partial charge in [0.1, 0.15) is 29.3 Å². The van der Waals surface area contributed by atoms with Gasteiger partial charge in [0.2, 0.25) is 0 Å². The number of fused-ring (bicyclic) bond motifs is 1. The number of halogens is 1. The van der Waals surface area contributed by atoms with Crippen molar-refractivity contribution in [3.63, 3.8) is 0 Å². The zero-order valence-corrected chi connectivity index (χ0v) is 20.4. The minimum Gasteiger partial charge on any atom is -0.490 e. The van der Waals surface area contributed by atoms with Gasteiger partial charge >= 0.3 is 5.97 Å². The van der Waals surface area contributed by atoms with E-state index in [0.29, 0.717) is 30.2 Å². The molecule has 0 bridgehead atoms. The number of hydrogen-bond donors (Lipinski definition) is 2. The zero-order valence-electron chi connectivity index (χ0n) is 19.6. The summed E-state index contributed by atoms with van der Waals surface area (Å²) < 4.78 is 21.5. The predicted octanol–water partition coefficient (Wildman–Crippen LogP) is 6.40. The number of thiophene rings is 1. The topological polar surface area (TPSA) is 84.3 Å². The maximum absolute atomic E-state index is 14.6. The SMILES string of the molecule is Cc1sc2c(C)ccc(F)c2c1CCNc1cc(-c2ccc(C(=O)O)c(OC3CCC3)c2)ncn1. The van der Waals surface area contributed by atoms with Crippen molar-refractivity contribution in [1.82, 2.24) is 9.97 Å². The Morgan fingerprint density at radius 2 is 2.03 bits per heavy atom. The van der Waals surface area contributed by atoms with Gasteiger partial charge < -0.3 is 15.2 Å². The highest BCUT2D eigenvalue weighted by Crippen LogP contribution is 2.35. The molecular weight excluding hydrogens is 465 g/mol. The number of carboxylic acids is 1. The number of aromatic nitrogens is 2. The third-order valence-electron chi connectivity index (χ3n) is 6.49. The first-order valence-corrected chi connectivity index (χ1v) is 12.5. The average molecular weight is 492 g/mol. The van der Waals surface area contributed by atoms with Crippen molar-refractivity contribution in [3.8, 4) is 17.0 Å². The third-order valence-corrected chi connectivity index (χ3v) is 7.77. The second-order valence-corrected chi connectivity index (χ2v) is 10.1. The monoisotopic (exact) mass is 491 g/mol. The molecule has 35 heavy (non-hydrogen) atoms. The lowest BCUT2D eigenvalue weighted by Crippen LogP contribution is -2.25. The van der Waals surface area contributed by atoms with Crippen LogP contribution >= 0.6 is 11.3 Å². The quantitative estimate of drug-likeness (QED) is 0.297. The van der Waals surface area contributed by atoms with Gasteiger partial charge in [-0.25, -0.2) is 19.2 Å². The number of anilines is 1. The molecule has 1 saturated carbocycles. The number of carbonyl (C=O) groups is 1. The van der Waals surface area contributed by atoms with Gasteiger partial charge in [-0.05, 0) is 68.9 Å². The summed E-state index contributed by atoms with van der Waals surface area (Å²) >= 11 is 1.63. The number of benzene rings is 2. The molecule has 0 saturated heterocycles. The molecule has 0 unspecified atom stereocenters. The Morgan fingerprint density at radius 3 is 2.77 bits per heavy atom. The van der Waals surface area contributed by atoms with Crippen LogP contribution in [0.25, 0.3) is 21.3 Å². The summed E-state index contributed by atoms with van der Waals surface area (Å²) in [6.07, 6.45) is 5.18. The van der Waals surface area contributed by atoms with E-state index in [2.05, 4.69) is 15.3 Å². The van der Waals surface area contributed by atoms with E-state index in [-0.39, 0.29) is 17.5 Å². The minimum atomic E-state index is -1.02. The second-order valence-electron chi connectivity index (χ2n) is 8.86. The lowest BCUT2D eigenvalue weighted by Gasteiger charge is -2.27. The molecule has 180 valence electrons. The Balaban J connectivity index is 1.33. The first-order chi connectivity index (χ1) is 16.9. The Morgan fingerprint density at radius 1 is 1.20 bits per heavy atom. The van der Waals surface area contributed by atoms with Crippen LogP contribution in [-0.4, -0.2) is 33.7 Å². The molecule has 4 aromatic rings. The van der Waals surface area contributed by atoms with Crippen LogP contribution in [-0.2, 0) is 6.42 Å². The molecule has 2 heterocycles. The van der Waals surface area contributed by atoms with Gasteiger partial charge in [-0.1, -0.05) is 12.1 Å². The molecule has 1 fully saturated rings. The van der Waals surface area contributed by atoms with Gasteiger partial charge in [0, 0.05) is 33.1 Å². The van der Waals surface area contributed by atoms with E-state index in [0.717, 1.165) is 50.9 Å². The van der Waals surface area contributed by atoms with Crippen LogP contribution in [0.1, 0.15) is 45.6 Å². The van der Waals surface area contributed by atoms with Crippen molar-refractivity contribution in [2.75, 3.05) is 11.9 Å². The Hall–Kier alpha value is -3.52. The largest absolute Gasteiger partial charge is 0.490 e. The molecule has 1 aliphatic rings. The molecule has 0 spiro atoms. The van der Waals surface area contributed by atoms with Gasteiger partial charge in [0.15, 0.2) is 0 Å². The number of ether oxygens (including phenoxy) is 1. The molecule has 0 atom stereocenters. The highest BCUT2D eigenvalue weighted by atomic mass is 32.1. The molecule has 8 heteroatoms. The number of carboxylic acid groups (broad SMARTS) is 1. The maximum Gasteiger partial charge on any atom is 0.339 e. The molecule has 2 aromatic carbocycles. The Labute approximate surface area is 206 Å². The summed E-state index contributed by atoms with van der Waals surface area (Å²) in [6, 6.07) is 10.2. The zero-order chi connectivity index (χ0) is 24.5. The molecule has 0 amide bonds. The van der Waals surface area contributed by atoms with Crippen molar-refractivity contribution < 1.29 is 19.0 Å². The minimum absolute atomic E-state index is 0.0660. The van der Waals surface area contributed by atoms with E-state index in [1.54, 1.807) is 29.5 Å². The lowest BCUT2D eigenvalue weighted by molar-refractivity contribution is 0.0680. The first-order valence-electron chi connectivity index (χ1n) is 11.7. The van der Waals surface area contributed by atoms with Crippen LogP contribution in [0.15, 0.2) is 42.7 Å². The summed E-state index contributed by atoms with van der Waals surface area (Å²) in [6.45, 7) is 4.63. The van der Waals surface area contributed by atoms with E-state index in [1.807, 2.05) is 26.0 Å². The highest BCUT2D eigenvalue weighted by Gasteiger charge is 2.22. The van der Waals surface area contributed by atoms with E-state index in [4.69, 9.17) is 4.74 Å². The highest BCUT2D eigenvalue weighted by molar-refractivity contribution is 7.19. The Kier molecular flexibility index (Phi) is 6.38. The number of aromatic carboxylic acids is 1. The number of hydrogen-bond acceptors (Lipinski definition) is 6. The van der Waals surface area contributed by atoms with Crippen LogP contribution in [0.3, 0.4) is 0 Å². The van der Waals surface area contributed by atoms with Crippen molar-refractivity contribution in [2.24, 2.45) is 0 Å². The van der Waals surface area contributed by atoms with Gasteiger partial charge in [-0.2, -0.15) is 0 Å². The van der Waals surface area contributed by atoms with E-state index < -0.39 is 5.97 Å². The van der Waals surface area contributed by atoms with Crippen LogP contribution in [0.2, 0.25) is 0 Å². The fourth-order valence-corrected chi connectivity index (χ4v) is 5.50. The molecule has 2 aromatic heterocycles. The van der Waals surface area contributed by atoms with Gasteiger partial charge in [0.25, 0.3) is 0 Å². The van der Waals surface area contributed by atoms with Crippen molar-refractivity contribution in [2.45, 2.75) is 45.6 Å². The first kappa shape index (κ1) is 23.2. The van der Waals surface area contributed by atoms with Gasteiger partial charge in [-0.3, -0.25) is 0 Å². The summed E-state index contributed by atoms with van der Waals surface area (Å²) in [5, 5.41) is 13.6. The number of aryl methyl sites for hydroxylation is 2. The van der Waals surface area contributed by atoms with E-state index in [1.165, 1.54) is 12.4 Å². The van der Waals surface area contributed by atoms with Crippen LogP contribution in [0.5, 0.6) is 5.75 Å². The average Bonchev–Trinajstić information content (AvgIpc) is 3.16. The number of nitrogens with one attached hydrogen (secondary N) is 1. The molecule has 6 nitrogen and oxygen atoms in total. The fourth-order valence-electron chi connectivity index (χ4n) is 4.32. The molecule has 2 N–H and O–H groups in total. The smallest absolute Gasteiger partial charge is 0.339 e. The van der Waals surface area contributed by atoms with Crippen LogP contribution < -0.4 is 10.1 Å². The third kappa shape index (κ3) is 4.71. The predicted molar refractivity (Wildman–Crippen MR) is 136 cm³/mol. The molecule has 0 radical (unpaired) electrons. The summed E-state index contributed by atoms with van der Waals surface area (Å²) in [4.78, 5) is 21.4. The fraction of sp³-hybridized carbons (Fsp3) is 0.296. The summed E-state index contributed by atoms with van der Waals surface area (Å²) in [5.41, 5.74) is 3.68. The lowest BCUT2D eigenvalue weighted by atomic mass is 9.96. The summed E-state index contributed by atoms with van der Waals surface area (Å²) in [5.74, 6) is -0.185. The van der Waals surface area contributed by atoms with E-state index in [9.17, 15) is 14.3 Å². The number of nitrogens with zero attached hydrogens (tertiary/aromatic N) is 2. The summed E-state index contributed by atoms with van der Waals surface area (Å²) in [7, 11) is 0. The van der Waals surface area contributed by atoms with Crippen molar-refractivity contribution in [3.05, 3.63) is 70.1 Å². The second kappa shape index (κ2) is 9.62. The normalized spacial score (nSPS) is 13.6. The molecule has 0 aliphatic heterocycles. The molecule has 1 aliphatic carbocycles. The van der Waals surface area contributed by atoms with Crippen LogP contribution in [0.4, 0.5) is 10.2 Å². The van der Waals surface area contributed by atoms with Crippen molar-refractivity contribution >= 4 is 33.2 Å². The molecular formula is C27H26FN3O3S. The van der Waals surface area contributed by atoms with Crippen molar-refractivity contribution in [1.29, 1.82) is 0 Å². The number of rotatable bonds is 8. The van der Waals surface area contributed by atoms with Crippen LogP contribution in [0, 0.1) is 19.7 Å². The molecule has 5 rings (SSSR count). The standard InChI is InChI=1S/C27H26FN3O3S/c1-15-6-9-21(28)25-19(16(2)35-26(15)25)10-11-29-24-13-22(30-14-31-24)17-7-8-20(27(32)33)23(12-17)34-18-4-3-5-18/h6-9,12-14,18H,3-5,10-11H2,1-2H3,(H,32,33)(H,29,30,31). The van der Waals surface area contributed by atoms with Gasteiger partial charge in [-0.15, -0.1) is 11.3 Å².